The van der Waals surface area contributed by atoms with Crippen LogP contribution in [0.25, 0.3) is 46.6 Å². The lowest BCUT2D eigenvalue weighted by molar-refractivity contribution is 0.881. The lowest BCUT2D eigenvalue weighted by Crippen LogP contribution is -1.83. The van der Waals surface area contributed by atoms with Gasteiger partial charge >= 0.3 is 0 Å². The number of nitrogens with zero attached hydrogens (tertiary/aromatic N) is 4. The van der Waals surface area contributed by atoms with Crippen molar-refractivity contribution >= 4 is 35.2 Å². The van der Waals surface area contributed by atoms with Crippen LogP contribution in [-0.4, -0.2) is 25.6 Å². The first-order valence-electron chi connectivity index (χ1n) is 9.99. The Balaban J connectivity index is 1.28. The number of aromatic nitrogens is 5. The third-order valence-corrected chi connectivity index (χ3v) is 4.96. The zero-order valence-corrected chi connectivity index (χ0v) is 16.7. The van der Waals surface area contributed by atoms with Crippen molar-refractivity contribution < 1.29 is 0 Å². The molecule has 0 saturated carbocycles. The molecule has 0 radical (unpaired) electrons. The number of hydrogen-bond donors (Lipinski definition) is 1. The molecule has 2 heterocycles. The summed E-state index contributed by atoms with van der Waals surface area (Å²) in [6.07, 6.45) is 8.29. The lowest BCUT2D eigenvalue weighted by atomic mass is 10.1. The van der Waals surface area contributed by atoms with Crippen LogP contribution in [0.3, 0.4) is 0 Å². The van der Waals surface area contributed by atoms with Crippen molar-refractivity contribution in [2.24, 2.45) is 0 Å². The molecule has 0 aliphatic heterocycles. The van der Waals surface area contributed by atoms with Gasteiger partial charge in [0.05, 0.1) is 11.2 Å². The van der Waals surface area contributed by atoms with Crippen molar-refractivity contribution in [2.75, 3.05) is 0 Å². The van der Waals surface area contributed by atoms with Crippen LogP contribution < -0.4 is 0 Å². The summed E-state index contributed by atoms with van der Waals surface area (Å²) >= 11 is 0. The van der Waals surface area contributed by atoms with Crippen LogP contribution in [0.4, 0.5) is 0 Å². The Kier molecular flexibility index (Phi) is 5.14. The molecule has 0 fully saturated rings. The molecule has 2 aromatic heterocycles. The molecule has 5 rings (SSSR count). The second-order valence-corrected chi connectivity index (χ2v) is 7.12. The Morgan fingerprint density at radius 1 is 0.645 bits per heavy atom. The first-order chi connectivity index (χ1) is 15.3. The normalized spacial score (nSPS) is 11.6. The van der Waals surface area contributed by atoms with Gasteiger partial charge in [0.2, 0.25) is 5.82 Å². The molecule has 3 aromatic carbocycles. The maximum atomic E-state index is 4.68. The van der Waals surface area contributed by atoms with Gasteiger partial charge in [-0.05, 0) is 46.2 Å². The topological polar surface area (TPSA) is 67.3 Å². The van der Waals surface area contributed by atoms with Crippen LogP contribution >= 0.6 is 0 Å². The second-order valence-electron chi connectivity index (χ2n) is 7.12. The number of pyridine rings is 1. The summed E-state index contributed by atoms with van der Waals surface area (Å²) < 4.78 is 0. The molecule has 148 valence electrons. The van der Waals surface area contributed by atoms with Gasteiger partial charge in [-0.15, -0.1) is 10.2 Å². The molecule has 0 bridgehead atoms. The molecule has 1 N–H and O–H groups in total. The first-order valence-corrected chi connectivity index (χ1v) is 9.99. The third-order valence-electron chi connectivity index (χ3n) is 4.96. The fourth-order valence-corrected chi connectivity index (χ4v) is 3.33. The van der Waals surface area contributed by atoms with E-state index in [-0.39, 0.29) is 0 Å². The maximum absolute atomic E-state index is 4.68. The molecule has 31 heavy (non-hydrogen) atoms. The quantitative estimate of drug-likeness (QED) is 0.381. The fraction of sp³-hybridized carbons (Fsp3) is 0. The fourth-order valence-electron chi connectivity index (χ4n) is 3.33. The van der Waals surface area contributed by atoms with E-state index in [1.165, 1.54) is 0 Å². The number of tetrazole rings is 1. The maximum Gasteiger partial charge on any atom is 0.204 e. The van der Waals surface area contributed by atoms with E-state index >= 15 is 0 Å². The molecule has 0 aliphatic carbocycles. The van der Waals surface area contributed by atoms with Gasteiger partial charge < -0.3 is 0 Å². The van der Waals surface area contributed by atoms with Crippen molar-refractivity contribution in [3.05, 3.63) is 107 Å². The van der Waals surface area contributed by atoms with E-state index in [9.17, 15) is 0 Å². The highest BCUT2D eigenvalue weighted by Gasteiger charge is 2.02. The van der Waals surface area contributed by atoms with E-state index in [2.05, 4.69) is 80.2 Å². The number of rotatable bonds is 5. The second kappa shape index (κ2) is 8.55. The van der Waals surface area contributed by atoms with Crippen LogP contribution in [-0.2, 0) is 0 Å². The number of fused-ring (bicyclic) bond motifs is 1. The van der Waals surface area contributed by atoms with Crippen molar-refractivity contribution in [3.63, 3.8) is 0 Å². The number of hydrogen-bond acceptors (Lipinski definition) is 4. The summed E-state index contributed by atoms with van der Waals surface area (Å²) in [6.45, 7) is 0. The molecular formula is C26H19N5. The van der Waals surface area contributed by atoms with Crippen molar-refractivity contribution in [3.8, 4) is 11.4 Å². The SMILES string of the molecule is C(=Cc1ccc2ccccc2n1)c1ccc(/C=C/c2cccc(-c3nn[nH]n3)c2)cc1. The van der Waals surface area contributed by atoms with Gasteiger partial charge in [0.25, 0.3) is 0 Å². The predicted molar refractivity (Wildman–Crippen MR) is 126 cm³/mol. The summed E-state index contributed by atoms with van der Waals surface area (Å²) in [5.74, 6) is 0.590. The molecule has 0 unspecified atom stereocenters. The van der Waals surface area contributed by atoms with E-state index < -0.39 is 0 Å². The molecule has 5 heteroatoms. The number of aromatic amines is 1. The van der Waals surface area contributed by atoms with E-state index in [1.54, 1.807) is 0 Å². The number of H-pyrrole nitrogens is 1. The summed E-state index contributed by atoms with van der Waals surface area (Å²) in [7, 11) is 0. The molecule has 0 aliphatic rings. The smallest absolute Gasteiger partial charge is 0.204 e. The number of benzene rings is 3. The van der Waals surface area contributed by atoms with Gasteiger partial charge in [0, 0.05) is 10.9 Å². The summed E-state index contributed by atoms with van der Waals surface area (Å²) in [5.41, 5.74) is 6.22. The Morgan fingerprint density at radius 3 is 2.23 bits per heavy atom. The average molecular weight is 401 g/mol. The van der Waals surface area contributed by atoms with Crippen LogP contribution in [0.2, 0.25) is 0 Å². The van der Waals surface area contributed by atoms with E-state index in [0.29, 0.717) is 5.82 Å². The number of nitrogens with one attached hydrogen (secondary N) is 1. The minimum atomic E-state index is 0.590. The zero-order valence-electron chi connectivity index (χ0n) is 16.7. The first kappa shape index (κ1) is 18.6. The Bertz CT molecular complexity index is 1370. The van der Waals surface area contributed by atoms with Gasteiger partial charge in [0.15, 0.2) is 0 Å². The van der Waals surface area contributed by atoms with E-state index in [0.717, 1.165) is 38.9 Å². The van der Waals surface area contributed by atoms with Crippen LogP contribution in [0, 0.1) is 0 Å². The highest BCUT2D eigenvalue weighted by Crippen LogP contribution is 2.18. The van der Waals surface area contributed by atoms with Crippen LogP contribution in [0.5, 0.6) is 0 Å². The molecule has 5 aromatic rings. The van der Waals surface area contributed by atoms with Crippen molar-refractivity contribution in [1.29, 1.82) is 0 Å². The standard InChI is InChI=1S/C26H19N5/c1-2-7-25-22(5-1)15-17-24(27-25)16-14-20-10-8-19(9-11-20)12-13-21-4-3-6-23(18-21)26-28-30-31-29-26/h1-18H,(H,28,29,30,31)/b13-12+,16-14?. The van der Waals surface area contributed by atoms with Gasteiger partial charge in [-0.2, -0.15) is 5.21 Å². The highest BCUT2D eigenvalue weighted by molar-refractivity contribution is 5.81. The molecular weight excluding hydrogens is 382 g/mol. The summed E-state index contributed by atoms with van der Waals surface area (Å²) in [5, 5.41) is 15.3. The van der Waals surface area contributed by atoms with Crippen LogP contribution in [0.1, 0.15) is 22.4 Å². The minimum Gasteiger partial charge on any atom is -0.248 e. The third kappa shape index (κ3) is 4.46. The molecule has 0 amide bonds. The largest absolute Gasteiger partial charge is 0.248 e. The van der Waals surface area contributed by atoms with E-state index in [4.69, 9.17) is 0 Å². The zero-order chi connectivity index (χ0) is 20.9. The van der Waals surface area contributed by atoms with Gasteiger partial charge in [-0.25, -0.2) is 4.98 Å². The Hall–Kier alpha value is -4.38. The average Bonchev–Trinajstić information content (AvgIpc) is 3.37. The number of para-hydroxylation sites is 1. The summed E-state index contributed by atoms with van der Waals surface area (Å²) in [6, 6.07) is 28.7. The Morgan fingerprint density at radius 2 is 1.42 bits per heavy atom. The molecule has 0 saturated heterocycles. The lowest BCUT2D eigenvalue weighted by Gasteiger charge is -2.00. The van der Waals surface area contributed by atoms with Crippen molar-refractivity contribution in [2.45, 2.75) is 0 Å². The van der Waals surface area contributed by atoms with Gasteiger partial charge in [-0.1, -0.05) is 85.0 Å². The van der Waals surface area contributed by atoms with Crippen LogP contribution in [0.15, 0.2) is 84.9 Å². The van der Waals surface area contributed by atoms with Gasteiger partial charge in [0.1, 0.15) is 0 Å². The minimum absolute atomic E-state index is 0.590. The Labute approximate surface area is 179 Å². The predicted octanol–water partition coefficient (Wildman–Crippen LogP) is 5.76. The molecule has 0 atom stereocenters. The van der Waals surface area contributed by atoms with E-state index in [1.807, 2.05) is 54.6 Å². The van der Waals surface area contributed by atoms with Gasteiger partial charge in [-0.3, -0.25) is 0 Å². The molecule has 0 spiro atoms. The van der Waals surface area contributed by atoms with Crippen molar-refractivity contribution in [1.82, 2.24) is 25.6 Å². The monoisotopic (exact) mass is 401 g/mol. The summed E-state index contributed by atoms with van der Waals surface area (Å²) in [4.78, 5) is 4.68. The molecule has 5 nitrogen and oxygen atoms in total. The highest BCUT2D eigenvalue weighted by atomic mass is 15.5.